The van der Waals surface area contributed by atoms with Crippen LogP contribution in [-0.4, -0.2) is 39.7 Å². The van der Waals surface area contributed by atoms with Crippen molar-refractivity contribution < 1.29 is 28.5 Å². The smallest absolute Gasteiger partial charge is 0.316 e. The summed E-state index contributed by atoms with van der Waals surface area (Å²) in [5.41, 5.74) is 1.35. The lowest BCUT2D eigenvalue weighted by Crippen LogP contribution is -2.01. The SMILES string of the molecule is CCCCOc1ccc(C2=NC(=O)C(=Cc3cc(OC)c(OC)c(OC)c3)O2)cc1. The molecule has 2 aromatic rings. The lowest BCUT2D eigenvalue weighted by Gasteiger charge is -2.13. The maximum Gasteiger partial charge on any atom is 0.316 e. The number of aliphatic imine (C=N–C) groups is 1. The van der Waals surface area contributed by atoms with E-state index in [4.69, 9.17) is 23.7 Å². The summed E-state index contributed by atoms with van der Waals surface area (Å²) >= 11 is 0. The molecule has 0 fully saturated rings. The number of ether oxygens (including phenoxy) is 5. The summed E-state index contributed by atoms with van der Waals surface area (Å²) in [7, 11) is 4.59. The number of rotatable bonds is 9. The lowest BCUT2D eigenvalue weighted by atomic mass is 10.1. The fourth-order valence-corrected chi connectivity index (χ4v) is 2.90. The van der Waals surface area contributed by atoms with E-state index in [1.165, 1.54) is 21.3 Å². The number of nitrogens with zero attached hydrogens (tertiary/aromatic N) is 1. The zero-order valence-electron chi connectivity index (χ0n) is 17.6. The molecule has 0 aliphatic carbocycles. The quantitative estimate of drug-likeness (QED) is 0.454. The standard InChI is InChI=1S/C23H25NO6/c1-5-6-11-29-17-9-7-16(8-10-17)23-24-22(25)20(30-23)14-15-12-18(26-2)21(28-4)19(13-15)27-3/h7-10,12-14H,5-6,11H2,1-4H3. The molecule has 1 heterocycles. The monoisotopic (exact) mass is 411 g/mol. The normalized spacial score (nSPS) is 14.3. The third kappa shape index (κ3) is 4.74. The average molecular weight is 411 g/mol. The van der Waals surface area contributed by atoms with Gasteiger partial charge in [0.25, 0.3) is 0 Å². The summed E-state index contributed by atoms with van der Waals surface area (Å²) in [5, 5.41) is 0. The van der Waals surface area contributed by atoms with Crippen LogP contribution in [0.1, 0.15) is 30.9 Å². The van der Waals surface area contributed by atoms with Gasteiger partial charge in [0.15, 0.2) is 17.3 Å². The third-order valence-corrected chi connectivity index (χ3v) is 4.47. The van der Waals surface area contributed by atoms with Crippen molar-refractivity contribution in [2.75, 3.05) is 27.9 Å². The minimum atomic E-state index is -0.456. The van der Waals surface area contributed by atoms with Crippen LogP contribution in [0.3, 0.4) is 0 Å². The molecule has 3 rings (SSSR count). The van der Waals surface area contributed by atoms with Gasteiger partial charge < -0.3 is 23.7 Å². The zero-order valence-corrected chi connectivity index (χ0v) is 17.6. The number of amides is 1. The molecule has 0 bridgehead atoms. The van der Waals surface area contributed by atoms with Crippen molar-refractivity contribution in [2.24, 2.45) is 4.99 Å². The summed E-state index contributed by atoms with van der Waals surface area (Å²) < 4.78 is 27.4. The van der Waals surface area contributed by atoms with Crippen molar-refractivity contribution in [3.8, 4) is 23.0 Å². The van der Waals surface area contributed by atoms with Gasteiger partial charge in [-0.3, -0.25) is 4.79 Å². The lowest BCUT2D eigenvalue weighted by molar-refractivity contribution is -0.115. The highest BCUT2D eigenvalue weighted by Crippen LogP contribution is 2.39. The summed E-state index contributed by atoms with van der Waals surface area (Å²) in [5.74, 6) is 2.11. The van der Waals surface area contributed by atoms with E-state index >= 15 is 0 Å². The average Bonchev–Trinajstić information content (AvgIpc) is 3.13. The Morgan fingerprint density at radius 1 is 1.00 bits per heavy atom. The molecule has 0 radical (unpaired) electrons. The van der Waals surface area contributed by atoms with Gasteiger partial charge in [-0.2, -0.15) is 4.99 Å². The molecule has 0 unspecified atom stereocenters. The highest BCUT2D eigenvalue weighted by Gasteiger charge is 2.24. The summed E-state index contributed by atoms with van der Waals surface area (Å²) in [6.45, 7) is 2.79. The van der Waals surface area contributed by atoms with Crippen LogP contribution in [0.25, 0.3) is 6.08 Å². The maximum atomic E-state index is 12.3. The highest BCUT2D eigenvalue weighted by atomic mass is 16.5. The van der Waals surface area contributed by atoms with Crippen LogP contribution in [-0.2, 0) is 9.53 Å². The Balaban J connectivity index is 1.78. The Morgan fingerprint density at radius 2 is 1.67 bits per heavy atom. The number of hydrogen-bond donors (Lipinski definition) is 0. The topological polar surface area (TPSA) is 75.6 Å². The summed E-state index contributed by atoms with van der Waals surface area (Å²) in [4.78, 5) is 16.4. The Bertz CT molecular complexity index is 937. The zero-order chi connectivity index (χ0) is 21.5. The number of unbranched alkanes of at least 4 members (excludes halogenated alkanes) is 1. The van der Waals surface area contributed by atoms with Crippen molar-refractivity contribution in [1.29, 1.82) is 0 Å². The van der Waals surface area contributed by atoms with Crippen LogP contribution in [0.15, 0.2) is 47.1 Å². The molecule has 0 atom stereocenters. The van der Waals surface area contributed by atoms with E-state index in [0.29, 0.717) is 35.0 Å². The van der Waals surface area contributed by atoms with Crippen molar-refractivity contribution in [3.63, 3.8) is 0 Å². The van der Waals surface area contributed by atoms with E-state index in [0.717, 1.165) is 18.6 Å². The first-order chi connectivity index (χ1) is 14.6. The minimum absolute atomic E-state index is 0.113. The van der Waals surface area contributed by atoms with Gasteiger partial charge in [-0.25, -0.2) is 0 Å². The van der Waals surface area contributed by atoms with Gasteiger partial charge in [-0.05, 0) is 54.5 Å². The molecule has 1 amide bonds. The second-order valence-electron chi connectivity index (χ2n) is 6.52. The summed E-state index contributed by atoms with van der Waals surface area (Å²) in [6, 6.07) is 10.8. The molecule has 2 aromatic carbocycles. The van der Waals surface area contributed by atoms with E-state index < -0.39 is 5.91 Å². The van der Waals surface area contributed by atoms with Crippen molar-refractivity contribution in [3.05, 3.63) is 53.3 Å². The van der Waals surface area contributed by atoms with E-state index in [9.17, 15) is 4.79 Å². The molecular formula is C23H25NO6. The van der Waals surface area contributed by atoms with Gasteiger partial charge in [0.05, 0.1) is 27.9 Å². The van der Waals surface area contributed by atoms with E-state index in [2.05, 4.69) is 11.9 Å². The second-order valence-corrected chi connectivity index (χ2v) is 6.52. The first-order valence-electron chi connectivity index (χ1n) is 9.65. The molecule has 1 aliphatic rings. The fourth-order valence-electron chi connectivity index (χ4n) is 2.90. The molecule has 0 spiro atoms. The number of carbonyl (C=O) groups excluding carboxylic acids is 1. The first-order valence-corrected chi connectivity index (χ1v) is 9.65. The Hall–Kier alpha value is -3.48. The fraction of sp³-hybridized carbons (Fsp3) is 0.304. The number of benzene rings is 2. The van der Waals surface area contributed by atoms with E-state index in [1.54, 1.807) is 18.2 Å². The predicted octanol–water partition coefficient (Wildman–Crippen LogP) is 4.24. The largest absolute Gasteiger partial charge is 0.494 e. The molecule has 0 N–H and O–H groups in total. The van der Waals surface area contributed by atoms with Crippen LogP contribution >= 0.6 is 0 Å². The molecule has 0 aromatic heterocycles. The van der Waals surface area contributed by atoms with Gasteiger partial charge >= 0.3 is 5.91 Å². The maximum absolute atomic E-state index is 12.3. The van der Waals surface area contributed by atoms with Crippen LogP contribution in [0.5, 0.6) is 23.0 Å². The van der Waals surface area contributed by atoms with Gasteiger partial charge in [0.1, 0.15) is 5.75 Å². The van der Waals surface area contributed by atoms with Crippen LogP contribution in [0.2, 0.25) is 0 Å². The molecule has 7 nitrogen and oxygen atoms in total. The molecule has 7 heteroatoms. The van der Waals surface area contributed by atoms with Crippen molar-refractivity contribution in [1.82, 2.24) is 0 Å². The van der Waals surface area contributed by atoms with Crippen molar-refractivity contribution in [2.45, 2.75) is 19.8 Å². The molecular weight excluding hydrogens is 386 g/mol. The van der Waals surface area contributed by atoms with Crippen LogP contribution in [0.4, 0.5) is 0 Å². The minimum Gasteiger partial charge on any atom is -0.494 e. The Kier molecular flexibility index (Phi) is 6.95. The second kappa shape index (κ2) is 9.82. The van der Waals surface area contributed by atoms with E-state index in [1.807, 2.05) is 24.3 Å². The van der Waals surface area contributed by atoms with Crippen LogP contribution in [0, 0.1) is 0 Å². The third-order valence-electron chi connectivity index (χ3n) is 4.47. The molecule has 1 aliphatic heterocycles. The van der Waals surface area contributed by atoms with Gasteiger partial charge in [-0.1, -0.05) is 13.3 Å². The first kappa shape index (κ1) is 21.2. The van der Waals surface area contributed by atoms with E-state index in [-0.39, 0.29) is 11.7 Å². The van der Waals surface area contributed by atoms with Crippen LogP contribution < -0.4 is 18.9 Å². The van der Waals surface area contributed by atoms with Gasteiger partial charge in [-0.15, -0.1) is 0 Å². The molecule has 30 heavy (non-hydrogen) atoms. The Morgan fingerprint density at radius 3 is 2.23 bits per heavy atom. The number of methoxy groups -OCH3 is 3. The molecule has 158 valence electrons. The van der Waals surface area contributed by atoms with Gasteiger partial charge in [0, 0.05) is 5.56 Å². The predicted molar refractivity (Wildman–Crippen MR) is 114 cm³/mol. The number of hydrogen-bond acceptors (Lipinski definition) is 6. The Labute approximate surface area is 175 Å². The molecule has 0 saturated carbocycles. The van der Waals surface area contributed by atoms with Gasteiger partial charge in [0.2, 0.25) is 11.6 Å². The molecule has 0 saturated heterocycles. The number of carbonyl (C=O) groups is 1. The van der Waals surface area contributed by atoms with Crippen molar-refractivity contribution >= 4 is 17.9 Å². The summed E-state index contributed by atoms with van der Waals surface area (Å²) in [6.07, 6.45) is 3.67. The highest BCUT2D eigenvalue weighted by molar-refractivity contribution is 6.14.